The number of fused-ring (bicyclic) bond motifs is 2. The van der Waals surface area contributed by atoms with Gasteiger partial charge in [-0.25, -0.2) is 9.59 Å². The van der Waals surface area contributed by atoms with Gasteiger partial charge in [-0.2, -0.15) is 0 Å². The molecule has 2 aliphatic rings. The molecule has 2 aromatic rings. The average Bonchev–Trinajstić information content (AvgIpc) is 2.94. The number of carbonyl (C=O) groups is 2. The third-order valence-electron chi connectivity index (χ3n) is 9.02. The highest BCUT2D eigenvalue weighted by Gasteiger charge is 2.41. The van der Waals surface area contributed by atoms with Crippen LogP contribution in [-0.4, -0.2) is 47.8 Å². The van der Waals surface area contributed by atoms with E-state index in [0.29, 0.717) is 18.6 Å². The predicted molar refractivity (Wildman–Crippen MR) is 167 cm³/mol. The fourth-order valence-corrected chi connectivity index (χ4v) is 5.69. The molecule has 2 atom stereocenters. The molecule has 0 radical (unpaired) electrons. The van der Waals surface area contributed by atoms with Crippen molar-refractivity contribution in [1.29, 1.82) is 0 Å². The first-order valence-corrected chi connectivity index (χ1v) is 15.0. The van der Waals surface area contributed by atoms with E-state index in [9.17, 15) is 14.7 Å². The van der Waals surface area contributed by atoms with E-state index in [4.69, 9.17) is 23.7 Å². The Labute approximate surface area is 257 Å². The molecule has 0 spiro atoms. The fourth-order valence-electron chi connectivity index (χ4n) is 5.69. The van der Waals surface area contributed by atoms with Gasteiger partial charge in [-0.3, -0.25) is 0 Å². The number of methoxy groups -OCH3 is 1. The molecule has 2 unspecified atom stereocenters. The molecule has 2 heterocycles. The van der Waals surface area contributed by atoms with Crippen molar-refractivity contribution in [1.82, 2.24) is 0 Å². The highest BCUT2D eigenvalue weighted by atomic mass is 16.7. The summed E-state index contributed by atoms with van der Waals surface area (Å²) in [5.74, 6) is 1.91. The number of aliphatic hydroxyl groups is 1. The van der Waals surface area contributed by atoms with Gasteiger partial charge in [-0.15, -0.1) is 0 Å². The molecule has 0 aromatic heterocycles. The van der Waals surface area contributed by atoms with E-state index in [1.165, 1.54) is 29.4 Å². The zero-order valence-electron chi connectivity index (χ0n) is 28.3. The van der Waals surface area contributed by atoms with Gasteiger partial charge in [0, 0.05) is 12.0 Å². The maximum absolute atomic E-state index is 12.1. The van der Waals surface area contributed by atoms with E-state index < -0.39 is 23.0 Å². The predicted octanol–water partition coefficient (Wildman–Crippen LogP) is 7.18. The van der Waals surface area contributed by atoms with Crippen molar-refractivity contribution in [2.45, 2.75) is 126 Å². The van der Waals surface area contributed by atoms with Crippen molar-refractivity contribution in [3.05, 3.63) is 50.1 Å². The molecule has 43 heavy (non-hydrogen) atoms. The lowest BCUT2D eigenvalue weighted by Gasteiger charge is -2.36. The molecule has 0 fully saturated rings. The summed E-state index contributed by atoms with van der Waals surface area (Å²) >= 11 is 0. The number of hydrogen-bond acceptors (Lipinski definition) is 8. The van der Waals surface area contributed by atoms with Gasteiger partial charge in [0.2, 0.25) is 5.60 Å². The second kappa shape index (κ2) is 12.4. The van der Waals surface area contributed by atoms with Crippen LogP contribution in [0.3, 0.4) is 0 Å². The second-order valence-corrected chi connectivity index (χ2v) is 13.4. The molecule has 238 valence electrons. The zero-order chi connectivity index (χ0) is 32.7. The van der Waals surface area contributed by atoms with Gasteiger partial charge in [-0.1, -0.05) is 0 Å². The second-order valence-electron chi connectivity index (χ2n) is 13.4. The first-order valence-electron chi connectivity index (χ1n) is 15.0. The number of hydrogen-bond donors (Lipinski definition) is 1. The average molecular weight is 599 g/mol. The lowest BCUT2D eigenvalue weighted by molar-refractivity contribution is -0.159. The summed E-state index contributed by atoms with van der Waals surface area (Å²) in [6, 6.07) is 0. The highest BCUT2D eigenvalue weighted by Crippen LogP contribution is 2.44. The molecular weight excluding hydrogens is 548 g/mol. The quantitative estimate of drug-likeness (QED) is 0.293. The Balaban J connectivity index is 0.000000242. The Morgan fingerprint density at radius 3 is 1.84 bits per heavy atom. The number of carbonyl (C=O) groups excluding carboxylic acids is 2. The summed E-state index contributed by atoms with van der Waals surface area (Å²) in [6.45, 7) is 23.3. The summed E-state index contributed by atoms with van der Waals surface area (Å²) in [4.78, 5) is 24.0. The van der Waals surface area contributed by atoms with Crippen LogP contribution in [0.15, 0.2) is 0 Å². The molecular formula is C35H50O8. The van der Waals surface area contributed by atoms with Gasteiger partial charge in [0.15, 0.2) is 0 Å². The zero-order valence-corrected chi connectivity index (χ0v) is 28.3. The van der Waals surface area contributed by atoms with E-state index >= 15 is 0 Å². The van der Waals surface area contributed by atoms with Gasteiger partial charge < -0.3 is 28.8 Å². The molecule has 0 aliphatic carbocycles. The Hall–Kier alpha value is -3.26. The lowest BCUT2D eigenvalue weighted by atomic mass is 9.85. The Morgan fingerprint density at radius 1 is 0.767 bits per heavy atom. The highest BCUT2D eigenvalue weighted by molar-refractivity contribution is 5.80. The lowest BCUT2D eigenvalue weighted by Crippen LogP contribution is -2.45. The number of rotatable bonds is 3. The van der Waals surface area contributed by atoms with Crippen LogP contribution < -0.4 is 14.2 Å². The summed E-state index contributed by atoms with van der Waals surface area (Å²) in [7, 11) is 1.41. The molecule has 8 nitrogen and oxygen atoms in total. The van der Waals surface area contributed by atoms with Crippen LogP contribution in [0.5, 0.6) is 17.2 Å². The van der Waals surface area contributed by atoms with E-state index in [-0.39, 0.29) is 12.6 Å². The van der Waals surface area contributed by atoms with Crippen LogP contribution >= 0.6 is 0 Å². The van der Waals surface area contributed by atoms with Crippen LogP contribution in [-0.2, 0) is 27.1 Å². The summed E-state index contributed by atoms with van der Waals surface area (Å²) < 4.78 is 27.8. The topological polar surface area (TPSA) is 101 Å². The summed E-state index contributed by atoms with van der Waals surface area (Å²) in [6.07, 6.45) is 2.30. The van der Waals surface area contributed by atoms with Crippen LogP contribution in [0.2, 0.25) is 0 Å². The number of aliphatic hydroxyl groups excluding tert-OH is 1. The first-order chi connectivity index (χ1) is 19.8. The van der Waals surface area contributed by atoms with Crippen LogP contribution in [0.1, 0.15) is 97.5 Å². The van der Waals surface area contributed by atoms with E-state index in [1.807, 2.05) is 34.6 Å². The summed E-state index contributed by atoms with van der Waals surface area (Å²) in [5, 5.41) is 9.58. The minimum absolute atomic E-state index is 0.0276. The summed E-state index contributed by atoms with van der Waals surface area (Å²) in [5.41, 5.74) is 7.88. The van der Waals surface area contributed by atoms with Crippen molar-refractivity contribution in [3.63, 3.8) is 0 Å². The third-order valence-corrected chi connectivity index (χ3v) is 9.02. The number of benzene rings is 2. The smallest absolute Gasteiger partial charge is 0.485 e. The van der Waals surface area contributed by atoms with Crippen molar-refractivity contribution in [2.75, 3.05) is 13.7 Å². The maximum atomic E-state index is 12.1. The minimum atomic E-state index is -0.860. The van der Waals surface area contributed by atoms with E-state index in [2.05, 4.69) is 27.7 Å². The molecule has 2 aromatic carbocycles. The first kappa shape index (κ1) is 34.2. The van der Waals surface area contributed by atoms with Gasteiger partial charge in [0.25, 0.3) is 0 Å². The number of esters is 1. The van der Waals surface area contributed by atoms with Crippen LogP contribution in [0, 0.1) is 48.5 Å². The van der Waals surface area contributed by atoms with Gasteiger partial charge in [-0.05, 0) is 147 Å². The largest absolute Gasteiger partial charge is 0.514 e. The van der Waals surface area contributed by atoms with E-state index in [0.717, 1.165) is 52.2 Å². The van der Waals surface area contributed by atoms with Gasteiger partial charge in [0.05, 0.1) is 13.7 Å². The molecule has 0 amide bonds. The molecule has 4 rings (SSSR count). The maximum Gasteiger partial charge on any atom is 0.514 e. The molecule has 1 N–H and O–H groups in total. The van der Waals surface area contributed by atoms with Gasteiger partial charge in [0.1, 0.15) is 28.5 Å². The van der Waals surface area contributed by atoms with Crippen molar-refractivity contribution in [3.8, 4) is 17.2 Å². The molecule has 0 bridgehead atoms. The Morgan fingerprint density at radius 2 is 1.28 bits per heavy atom. The normalized spacial score (nSPS) is 20.8. The van der Waals surface area contributed by atoms with Gasteiger partial charge >= 0.3 is 12.1 Å². The number of ether oxygens (including phenoxy) is 5. The molecule has 8 heteroatoms. The van der Waals surface area contributed by atoms with E-state index in [1.54, 1.807) is 20.8 Å². The van der Waals surface area contributed by atoms with Crippen LogP contribution in [0.4, 0.5) is 4.79 Å². The Bertz CT molecular complexity index is 1420. The fraction of sp³-hybridized carbons (Fsp3) is 0.600. The standard InChI is InChI=1S/C19H28O5.C16H22O3/c1-11-12(2)16-14(8-9-19(7,10-20)23-16)13(3)15(11)22-17(21)24-18(4,5)6;1-9-10(2)12(4)14-13(11(9)3)7-8-16(5,19-14)15(17)18-6/h20H,8-10H2,1-7H3;7-8H2,1-6H3. The molecule has 0 saturated carbocycles. The van der Waals surface area contributed by atoms with Crippen molar-refractivity contribution < 1.29 is 38.4 Å². The molecule has 2 aliphatic heterocycles. The minimum Gasteiger partial charge on any atom is -0.485 e. The Kier molecular flexibility index (Phi) is 9.86. The SMILES string of the molecule is COC(=O)C1(C)CCc2c(C)c(C)c(C)c(C)c2O1.Cc1c(C)c2c(c(C)c1OC(=O)OC(C)(C)C)CCC(C)(CO)O2. The van der Waals surface area contributed by atoms with Crippen molar-refractivity contribution in [2.24, 2.45) is 0 Å². The monoisotopic (exact) mass is 598 g/mol. The van der Waals surface area contributed by atoms with Crippen molar-refractivity contribution >= 4 is 12.1 Å². The van der Waals surface area contributed by atoms with Crippen LogP contribution in [0.25, 0.3) is 0 Å². The third kappa shape index (κ3) is 6.95. The molecule has 0 saturated heterocycles.